The first-order chi connectivity index (χ1) is 16.1. The molecule has 5 rings (SSSR count). The lowest BCUT2D eigenvalue weighted by Gasteiger charge is -2.12. The second-order valence-corrected chi connectivity index (χ2v) is 9.29. The van der Waals surface area contributed by atoms with Crippen molar-refractivity contribution < 1.29 is 9.53 Å². The summed E-state index contributed by atoms with van der Waals surface area (Å²) in [5.41, 5.74) is 3.04. The van der Waals surface area contributed by atoms with Gasteiger partial charge in [0.15, 0.2) is 0 Å². The third-order valence-corrected chi connectivity index (χ3v) is 6.81. The quantitative estimate of drug-likeness (QED) is 0.514. The Labute approximate surface area is 192 Å². The third-order valence-electron chi connectivity index (χ3n) is 6.81. The van der Waals surface area contributed by atoms with Crippen LogP contribution in [0.15, 0.2) is 53.8 Å². The van der Waals surface area contributed by atoms with Crippen molar-refractivity contribution in [2.24, 2.45) is 11.8 Å². The summed E-state index contributed by atoms with van der Waals surface area (Å²) >= 11 is 0. The monoisotopic (exact) mass is 444 g/mol. The number of carbonyl (C=O) groups is 1. The Kier molecular flexibility index (Phi) is 6.03. The Balaban J connectivity index is 1.19. The first-order valence-corrected chi connectivity index (χ1v) is 11.7. The van der Waals surface area contributed by atoms with Gasteiger partial charge < -0.3 is 4.74 Å². The van der Waals surface area contributed by atoms with Gasteiger partial charge in [-0.3, -0.25) is 14.3 Å². The first kappa shape index (κ1) is 21.5. The van der Waals surface area contributed by atoms with Crippen molar-refractivity contribution in [2.75, 3.05) is 7.11 Å². The number of hydrogen-bond acceptors (Lipinski definition) is 6. The fourth-order valence-corrected chi connectivity index (χ4v) is 4.81. The average Bonchev–Trinajstić information content (AvgIpc) is 3.60. The molecule has 33 heavy (non-hydrogen) atoms. The number of ether oxygens (including phenoxy) is 1. The molecule has 2 atom stereocenters. The molecule has 2 aliphatic rings. The van der Waals surface area contributed by atoms with Crippen LogP contribution in [0.4, 0.5) is 0 Å². The lowest BCUT2D eigenvalue weighted by Crippen LogP contribution is -2.19. The molecular weight excluding hydrogens is 416 g/mol. The summed E-state index contributed by atoms with van der Waals surface area (Å²) in [7, 11) is 1.32. The second kappa shape index (κ2) is 9.25. The van der Waals surface area contributed by atoms with Crippen molar-refractivity contribution in [1.82, 2.24) is 19.5 Å². The van der Waals surface area contributed by atoms with Gasteiger partial charge in [0.25, 0.3) is 5.56 Å². The van der Waals surface area contributed by atoms with Gasteiger partial charge in [-0.25, -0.2) is 14.8 Å². The zero-order chi connectivity index (χ0) is 22.8. The molecule has 0 unspecified atom stereocenters. The molecule has 2 saturated carbocycles. The van der Waals surface area contributed by atoms with Crippen LogP contribution >= 0.6 is 0 Å². The predicted octanol–water partition coefficient (Wildman–Crippen LogP) is 3.89. The summed E-state index contributed by atoms with van der Waals surface area (Å²) in [6.07, 6.45) is 15.2. The van der Waals surface area contributed by atoms with Crippen LogP contribution in [-0.2, 0) is 17.6 Å². The standard InChI is InChI=1S/C26H28N4O3/c1-33-26(32)20-6-9-25(31)30(16-20)23-8-7-22(27-15-23)11-17-2-3-18(10-17)12-24-28-13-21(14-29-24)19-4-5-19/h6-9,13-19H,2-5,10-12H2,1H3/t17-,18-/m0/s1. The van der Waals surface area contributed by atoms with E-state index in [0.29, 0.717) is 29.0 Å². The summed E-state index contributed by atoms with van der Waals surface area (Å²) in [4.78, 5) is 37.8. The van der Waals surface area contributed by atoms with Crippen LogP contribution < -0.4 is 5.56 Å². The van der Waals surface area contributed by atoms with Gasteiger partial charge in [0.2, 0.25) is 0 Å². The number of aromatic nitrogens is 4. The maximum atomic E-state index is 12.3. The van der Waals surface area contributed by atoms with E-state index in [2.05, 4.69) is 15.0 Å². The molecule has 7 nitrogen and oxygen atoms in total. The highest BCUT2D eigenvalue weighted by molar-refractivity contribution is 5.88. The average molecular weight is 445 g/mol. The molecule has 0 radical (unpaired) electrons. The fraction of sp³-hybridized carbons (Fsp3) is 0.423. The van der Waals surface area contributed by atoms with Crippen molar-refractivity contribution >= 4 is 5.97 Å². The lowest BCUT2D eigenvalue weighted by molar-refractivity contribution is 0.0600. The molecule has 3 aromatic rings. The second-order valence-electron chi connectivity index (χ2n) is 9.29. The maximum absolute atomic E-state index is 12.3. The molecule has 7 heteroatoms. The number of pyridine rings is 2. The molecule has 170 valence electrons. The Hall–Kier alpha value is -3.35. The normalized spacial score (nSPS) is 20.0. The summed E-state index contributed by atoms with van der Waals surface area (Å²) in [6, 6.07) is 6.68. The fourth-order valence-electron chi connectivity index (χ4n) is 4.81. The SMILES string of the molecule is COC(=O)c1ccc(=O)n(-c2ccc(C[C@H]3CC[C@H](Cc4ncc(C5CC5)cn4)C3)nc2)c1. The zero-order valence-corrected chi connectivity index (χ0v) is 18.8. The van der Waals surface area contributed by atoms with E-state index in [1.807, 2.05) is 24.5 Å². The van der Waals surface area contributed by atoms with Crippen LogP contribution in [0.25, 0.3) is 5.69 Å². The van der Waals surface area contributed by atoms with E-state index in [-0.39, 0.29) is 5.56 Å². The molecule has 0 saturated heterocycles. The highest BCUT2D eigenvalue weighted by Gasteiger charge is 2.27. The molecular formula is C26H28N4O3. The number of esters is 1. The Morgan fingerprint density at radius 2 is 1.73 bits per heavy atom. The van der Waals surface area contributed by atoms with Gasteiger partial charge in [0.1, 0.15) is 5.82 Å². The van der Waals surface area contributed by atoms with Gasteiger partial charge in [0.05, 0.1) is 24.6 Å². The number of hydrogen-bond donors (Lipinski definition) is 0. The van der Waals surface area contributed by atoms with Crippen LogP contribution in [0, 0.1) is 11.8 Å². The smallest absolute Gasteiger partial charge is 0.339 e. The van der Waals surface area contributed by atoms with Crippen LogP contribution in [0.1, 0.15) is 65.5 Å². The number of rotatable bonds is 7. The number of methoxy groups -OCH3 is 1. The minimum Gasteiger partial charge on any atom is -0.465 e. The van der Waals surface area contributed by atoms with Crippen molar-refractivity contribution in [1.29, 1.82) is 0 Å². The van der Waals surface area contributed by atoms with E-state index in [4.69, 9.17) is 4.74 Å². The molecule has 0 bridgehead atoms. The summed E-state index contributed by atoms with van der Waals surface area (Å²) < 4.78 is 6.17. The predicted molar refractivity (Wildman–Crippen MR) is 123 cm³/mol. The summed E-state index contributed by atoms with van der Waals surface area (Å²) in [5, 5.41) is 0. The van der Waals surface area contributed by atoms with Crippen molar-refractivity contribution in [3.05, 3.63) is 82.1 Å². The molecule has 3 aromatic heterocycles. The van der Waals surface area contributed by atoms with E-state index in [9.17, 15) is 9.59 Å². The van der Waals surface area contributed by atoms with Crippen molar-refractivity contribution in [3.8, 4) is 5.69 Å². The molecule has 0 aliphatic heterocycles. The van der Waals surface area contributed by atoms with Gasteiger partial charge in [0, 0.05) is 36.8 Å². The largest absolute Gasteiger partial charge is 0.465 e. The van der Waals surface area contributed by atoms with E-state index >= 15 is 0 Å². The van der Waals surface area contributed by atoms with Gasteiger partial charge in [-0.2, -0.15) is 0 Å². The number of carbonyl (C=O) groups excluding carboxylic acids is 1. The van der Waals surface area contributed by atoms with E-state index in [0.717, 1.165) is 30.8 Å². The van der Waals surface area contributed by atoms with Gasteiger partial charge in [-0.15, -0.1) is 0 Å². The van der Waals surface area contributed by atoms with Crippen molar-refractivity contribution in [3.63, 3.8) is 0 Å². The Morgan fingerprint density at radius 3 is 2.39 bits per heavy atom. The molecule has 0 spiro atoms. The van der Waals surface area contributed by atoms with Gasteiger partial charge >= 0.3 is 5.97 Å². The van der Waals surface area contributed by atoms with Crippen LogP contribution in [-0.4, -0.2) is 32.6 Å². The maximum Gasteiger partial charge on any atom is 0.339 e. The lowest BCUT2D eigenvalue weighted by atomic mass is 9.97. The highest BCUT2D eigenvalue weighted by Crippen LogP contribution is 2.39. The van der Waals surface area contributed by atoms with Gasteiger partial charge in [-0.1, -0.05) is 0 Å². The van der Waals surface area contributed by atoms with E-state index in [1.165, 1.54) is 61.3 Å². The van der Waals surface area contributed by atoms with Crippen LogP contribution in [0.5, 0.6) is 0 Å². The minimum atomic E-state index is -0.478. The summed E-state index contributed by atoms with van der Waals surface area (Å²) in [6.45, 7) is 0. The Morgan fingerprint density at radius 1 is 0.970 bits per heavy atom. The van der Waals surface area contributed by atoms with Gasteiger partial charge in [-0.05, 0) is 80.0 Å². The molecule has 0 amide bonds. The first-order valence-electron chi connectivity index (χ1n) is 11.7. The molecule has 2 aliphatic carbocycles. The Bertz CT molecular complexity index is 1180. The highest BCUT2D eigenvalue weighted by atomic mass is 16.5. The van der Waals surface area contributed by atoms with E-state index in [1.54, 1.807) is 6.20 Å². The minimum absolute atomic E-state index is 0.219. The third kappa shape index (κ3) is 5.02. The van der Waals surface area contributed by atoms with E-state index < -0.39 is 5.97 Å². The topological polar surface area (TPSA) is 87.0 Å². The zero-order valence-electron chi connectivity index (χ0n) is 18.8. The molecule has 0 N–H and O–H groups in total. The van der Waals surface area contributed by atoms with Crippen molar-refractivity contribution in [2.45, 2.75) is 50.9 Å². The molecule has 3 heterocycles. The molecule has 0 aromatic carbocycles. The van der Waals surface area contributed by atoms with Crippen LogP contribution in [0.3, 0.4) is 0 Å². The number of nitrogens with zero attached hydrogens (tertiary/aromatic N) is 4. The molecule has 2 fully saturated rings. The van der Waals surface area contributed by atoms with Crippen LogP contribution in [0.2, 0.25) is 0 Å². The summed E-state index contributed by atoms with van der Waals surface area (Å²) in [5.74, 6) is 2.41.